The molecule has 0 fully saturated rings. The van der Waals surface area contributed by atoms with Crippen molar-refractivity contribution in [3.8, 4) is 0 Å². The summed E-state index contributed by atoms with van der Waals surface area (Å²) in [6.07, 6.45) is 56.9. The van der Waals surface area contributed by atoms with Gasteiger partial charge in [-0.15, -0.1) is 0 Å². The van der Waals surface area contributed by atoms with Gasteiger partial charge in [0.15, 0.2) is 12.2 Å². The Morgan fingerprint density at radius 1 is 0.287 bits per heavy atom. The molecule has 17 nitrogen and oxygen atoms in total. The molecule has 19 heteroatoms. The molecule has 0 aromatic carbocycles. The quantitative estimate of drug-likeness (QED) is 0.0222. The highest BCUT2D eigenvalue weighted by atomic mass is 31.2. The van der Waals surface area contributed by atoms with Crippen molar-refractivity contribution in [3.63, 3.8) is 0 Å². The molecule has 5 atom stereocenters. The van der Waals surface area contributed by atoms with E-state index >= 15 is 0 Å². The number of rotatable bonds is 75. The van der Waals surface area contributed by atoms with Gasteiger partial charge in [0, 0.05) is 25.7 Å². The molecule has 0 aliphatic rings. The van der Waals surface area contributed by atoms with Gasteiger partial charge < -0.3 is 33.8 Å². The van der Waals surface area contributed by atoms with Gasteiger partial charge in [0.25, 0.3) is 0 Å². The molecule has 0 heterocycles. The third kappa shape index (κ3) is 68.6. The van der Waals surface area contributed by atoms with Crippen LogP contribution in [0.2, 0.25) is 0 Å². The monoisotopic (exact) mass is 1380 g/mol. The molecule has 0 aromatic heterocycles. The molecule has 0 aliphatic heterocycles. The van der Waals surface area contributed by atoms with Crippen LogP contribution in [0.5, 0.6) is 0 Å². The molecular formula is C75H146O17P2. The molecule has 558 valence electrons. The van der Waals surface area contributed by atoms with Crippen molar-refractivity contribution >= 4 is 39.5 Å². The minimum absolute atomic E-state index is 0.105. The number of carbonyl (C=O) groups is 4. The van der Waals surface area contributed by atoms with E-state index in [1.54, 1.807) is 0 Å². The number of aliphatic hydroxyl groups excluding tert-OH is 1. The highest BCUT2D eigenvalue weighted by Gasteiger charge is 2.30. The maximum absolute atomic E-state index is 13.1. The Balaban J connectivity index is 5.20. The summed E-state index contributed by atoms with van der Waals surface area (Å²) in [7, 11) is -9.91. The van der Waals surface area contributed by atoms with Gasteiger partial charge in [0.2, 0.25) is 0 Å². The van der Waals surface area contributed by atoms with Crippen LogP contribution < -0.4 is 0 Å². The van der Waals surface area contributed by atoms with Crippen molar-refractivity contribution in [2.45, 2.75) is 412 Å². The zero-order chi connectivity index (χ0) is 69.1. The molecule has 3 N–H and O–H groups in total. The fraction of sp³-hybridized carbons (Fsp3) is 0.947. The summed E-state index contributed by atoms with van der Waals surface area (Å²) >= 11 is 0. The number of phosphoric ester groups is 2. The highest BCUT2D eigenvalue weighted by molar-refractivity contribution is 7.47. The van der Waals surface area contributed by atoms with Gasteiger partial charge >= 0.3 is 39.5 Å². The van der Waals surface area contributed by atoms with Crippen LogP contribution in [0.4, 0.5) is 0 Å². The van der Waals surface area contributed by atoms with E-state index in [1.807, 2.05) is 0 Å². The van der Waals surface area contributed by atoms with Crippen LogP contribution in [0, 0.1) is 5.92 Å². The number of carbonyl (C=O) groups excluding carboxylic acids is 4. The van der Waals surface area contributed by atoms with Gasteiger partial charge in [0.1, 0.15) is 19.3 Å². The van der Waals surface area contributed by atoms with Crippen molar-refractivity contribution in [2.24, 2.45) is 5.92 Å². The van der Waals surface area contributed by atoms with E-state index in [-0.39, 0.29) is 25.7 Å². The third-order valence-corrected chi connectivity index (χ3v) is 19.4. The Labute approximate surface area is 575 Å². The molecule has 2 unspecified atom stereocenters. The van der Waals surface area contributed by atoms with Crippen LogP contribution in [-0.4, -0.2) is 96.7 Å². The topological polar surface area (TPSA) is 237 Å². The first-order valence-corrected chi connectivity index (χ1v) is 42.1. The number of hydrogen-bond acceptors (Lipinski definition) is 15. The standard InChI is InChI=1S/C75H146O17P2/c1-6-9-12-15-18-21-24-26-27-28-29-30-31-32-33-36-39-45-50-55-60-74(79)91-70(64-86-73(78)59-54-49-44-38-35-25-22-19-16-13-10-7-2)66-89-93(81,82)87-62-69(76)63-88-94(83,84)90-67-71(92-75(80)61-56-51-46-41-40-42-47-52-57-68(4)5)65-85-72(77)58-53-48-43-37-34-23-20-17-14-11-8-3/h68-71,76H,6-67H2,1-5H3,(H,81,82)(H,83,84)/t69-,70-,71-/m1/s1. The first kappa shape index (κ1) is 92.1. The number of hydrogen-bond donors (Lipinski definition) is 3. The summed E-state index contributed by atoms with van der Waals surface area (Å²) < 4.78 is 68.4. The summed E-state index contributed by atoms with van der Waals surface area (Å²) in [5, 5.41) is 10.6. The van der Waals surface area contributed by atoms with Gasteiger partial charge in [-0.1, -0.05) is 343 Å². The Hall–Kier alpha value is -1.94. The minimum atomic E-state index is -4.95. The maximum Gasteiger partial charge on any atom is 0.472 e. The average molecular weight is 1380 g/mol. The number of aliphatic hydroxyl groups is 1. The molecule has 0 aliphatic carbocycles. The smallest absolute Gasteiger partial charge is 0.462 e. The number of phosphoric acid groups is 2. The van der Waals surface area contributed by atoms with Crippen LogP contribution in [-0.2, 0) is 65.4 Å². The maximum atomic E-state index is 13.1. The minimum Gasteiger partial charge on any atom is -0.462 e. The second kappa shape index (κ2) is 68.2. The van der Waals surface area contributed by atoms with Crippen molar-refractivity contribution < 1.29 is 80.2 Å². The number of esters is 4. The molecule has 0 aromatic rings. The first-order chi connectivity index (χ1) is 45.5. The molecule has 0 saturated carbocycles. The van der Waals surface area contributed by atoms with Crippen LogP contribution in [0.3, 0.4) is 0 Å². The Morgan fingerprint density at radius 2 is 0.489 bits per heavy atom. The van der Waals surface area contributed by atoms with E-state index in [0.717, 1.165) is 95.8 Å². The lowest BCUT2D eigenvalue weighted by Gasteiger charge is -2.21. The Bertz CT molecular complexity index is 1810. The first-order valence-electron chi connectivity index (χ1n) is 39.1. The molecule has 0 radical (unpaired) electrons. The second-order valence-electron chi connectivity index (χ2n) is 27.5. The molecule has 0 amide bonds. The lowest BCUT2D eigenvalue weighted by molar-refractivity contribution is -0.161. The largest absolute Gasteiger partial charge is 0.472 e. The van der Waals surface area contributed by atoms with Crippen molar-refractivity contribution in [1.82, 2.24) is 0 Å². The molecule has 0 saturated heterocycles. The van der Waals surface area contributed by atoms with Crippen LogP contribution in [0.15, 0.2) is 0 Å². The van der Waals surface area contributed by atoms with Crippen molar-refractivity contribution in [3.05, 3.63) is 0 Å². The molecule has 0 bridgehead atoms. The summed E-state index contributed by atoms with van der Waals surface area (Å²) in [5.74, 6) is -1.40. The fourth-order valence-corrected chi connectivity index (χ4v) is 13.1. The van der Waals surface area contributed by atoms with Gasteiger partial charge in [-0.3, -0.25) is 37.3 Å². The molecule has 0 rings (SSSR count). The summed E-state index contributed by atoms with van der Waals surface area (Å²) in [6.45, 7) is 7.24. The van der Waals surface area contributed by atoms with Crippen molar-refractivity contribution in [1.29, 1.82) is 0 Å². The van der Waals surface area contributed by atoms with E-state index < -0.39 is 97.5 Å². The molecule has 0 spiro atoms. The van der Waals surface area contributed by atoms with Gasteiger partial charge in [0.05, 0.1) is 26.4 Å². The summed E-state index contributed by atoms with van der Waals surface area (Å²) in [6, 6.07) is 0. The normalized spacial score (nSPS) is 14.0. The fourth-order valence-electron chi connectivity index (χ4n) is 11.5. The van der Waals surface area contributed by atoms with E-state index in [9.17, 15) is 43.2 Å². The summed E-state index contributed by atoms with van der Waals surface area (Å²) in [5.41, 5.74) is 0. The van der Waals surface area contributed by atoms with Crippen LogP contribution >= 0.6 is 15.6 Å². The Kier molecular flexibility index (Phi) is 66.8. The Morgan fingerprint density at radius 3 is 0.723 bits per heavy atom. The van der Waals surface area contributed by atoms with Gasteiger partial charge in [-0.2, -0.15) is 0 Å². The SMILES string of the molecule is CCCCCCCCCCCCCCCCCCCCCCC(=O)O[C@H](COC(=O)CCCCCCCCCCCCCC)COP(=O)(O)OC[C@@H](O)COP(=O)(O)OC[C@@H](COC(=O)CCCCCCCCCCCCC)OC(=O)CCCCCCCCCCC(C)C. The van der Waals surface area contributed by atoms with E-state index in [0.29, 0.717) is 25.7 Å². The van der Waals surface area contributed by atoms with Crippen LogP contribution in [0.1, 0.15) is 394 Å². The zero-order valence-electron chi connectivity index (χ0n) is 61.1. The lowest BCUT2D eigenvalue weighted by atomic mass is 10.0. The number of ether oxygens (including phenoxy) is 4. The van der Waals surface area contributed by atoms with Gasteiger partial charge in [-0.25, -0.2) is 9.13 Å². The van der Waals surface area contributed by atoms with Gasteiger partial charge in [-0.05, 0) is 31.6 Å². The average Bonchev–Trinajstić information content (AvgIpc) is 3.74. The summed E-state index contributed by atoms with van der Waals surface area (Å²) in [4.78, 5) is 72.7. The third-order valence-electron chi connectivity index (χ3n) is 17.5. The van der Waals surface area contributed by atoms with E-state index in [1.165, 1.54) is 218 Å². The van der Waals surface area contributed by atoms with Crippen molar-refractivity contribution in [2.75, 3.05) is 39.6 Å². The van der Waals surface area contributed by atoms with E-state index in [4.69, 9.17) is 37.0 Å². The second-order valence-corrected chi connectivity index (χ2v) is 30.4. The highest BCUT2D eigenvalue weighted by Crippen LogP contribution is 2.45. The van der Waals surface area contributed by atoms with Crippen LogP contribution in [0.25, 0.3) is 0 Å². The number of unbranched alkanes of at least 4 members (excludes halogenated alkanes) is 47. The lowest BCUT2D eigenvalue weighted by Crippen LogP contribution is -2.30. The van der Waals surface area contributed by atoms with E-state index in [2.05, 4.69) is 34.6 Å². The predicted octanol–water partition coefficient (Wildman–Crippen LogP) is 22.1. The molecular weight excluding hydrogens is 1230 g/mol. The predicted molar refractivity (Wildman–Crippen MR) is 382 cm³/mol. The zero-order valence-corrected chi connectivity index (χ0v) is 62.9. The molecule has 94 heavy (non-hydrogen) atoms.